The zero-order valence-corrected chi connectivity index (χ0v) is 6.77. The first-order valence-electron chi connectivity index (χ1n) is 4.57. The van der Waals surface area contributed by atoms with E-state index in [4.69, 9.17) is 5.32 Å². The molecule has 0 aromatic heterocycles. The third-order valence-corrected chi connectivity index (χ3v) is 3.15. The Balaban J connectivity index is 1.92. The van der Waals surface area contributed by atoms with E-state index < -0.39 is 0 Å². The van der Waals surface area contributed by atoms with Crippen molar-refractivity contribution in [3.63, 3.8) is 0 Å². The average Bonchev–Trinajstić information content (AvgIpc) is 2.29. The zero-order chi connectivity index (χ0) is 7.03. The number of hydrogen-bond donors (Lipinski definition) is 0. The van der Waals surface area contributed by atoms with Crippen LogP contribution in [0.4, 0.5) is 0 Å². The minimum Gasteiger partial charge on any atom is -0.654 e. The van der Waals surface area contributed by atoms with Gasteiger partial charge >= 0.3 is 0 Å². The van der Waals surface area contributed by atoms with Crippen LogP contribution in [-0.4, -0.2) is 11.6 Å². The highest BCUT2D eigenvalue weighted by atomic mass is 15.1. The lowest BCUT2D eigenvalue weighted by Gasteiger charge is -2.51. The number of hydrogen-bond acceptors (Lipinski definition) is 0. The van der Waals surface area contributed by atoms with Crippen molar-refractivity contribution in [1.29, 1.82) is 0 Å². The number of rotatable bonds is 1. The molecule has 1 aliphatic carbocycles. The SMILES string of the molecule is CCC1CCC2(CCC2)[N-]1. The van der Waals surface area contributed by atoms with Gasteiger partial charge in [0.2, 0.25) is 0 Å². The second-order valence-electron chi connectivity index (χ2n) is 3.81. The van der Waals surface area contributed by atoms with Gasteiger partial charge in [0.25, 0.3) is 0 Å². The quantitative estimate of drug-likeness (QED) is 0.529. The van der Waals surface area contributed by atoms with Gasteiger partial charge in [-0.25, -0.2) is 0 Å². The molecule has 1 heteroatoms. The first-order chi connectivity index (χ1) is 4.85. The largest absolute Gasteiger partial charge is 0.654 e. The van der Waals surface area contributed by atoms with Crippen molar-refractivity contribution < 1.29 is 0 Å². The predicted molar refractivity (Wildman–Crippen MR) is 43.3 cm³/mol. The first kappa shape index (κ1) is 6.66. The van der Waals surface area contributed by atoms with E-state index in [2.05, 4.69) is 6.92 Å². The molecule has 2 fully saturated rings. The van der Waals surface area contributed by atoms with E-state index in [-0.39, 0.29) is 0 Å². The molecule has 0 amide bonds. The Kier molecular flexibility index (Phi) is 1.48. The maximum atomic E-state index is 4.84. The first-order valence-corrected chi connectivity index (χ1v) is 4.57. The Morgan fingerprint density at radius 2 is 2.20 bits per heavy atom. The normalized spacial score (nSPS) is 36.3. The highest BCUT2D eigenvalue weighted by molar-refractivity contribution is 5.20. The Morgan fingerprint density at radius 3 is 2.50 bits per heavy atom. The molecular formula is C9H16N-. The maximum Gasteiger partial charge on any atom is -0.0556 e. The molecule has 1 heterocycles. The van der Waals surface area contributed by atoms with Crippen molar-refractivity contribution in [3.05, 3.63) is 5.32 Å². The van der Waals surface area contributed by atoms with E-state index in [0.717, 1.165) is 6.04 Å². The summed E-state index contributed by atoms with van der Waals surface area (Å²) in [4.78, 5) is 0. The molecule has 10 heavy (non-hydrogen) atoms. The Bertz CT molecular complexity index is 127. The van der Waals surface area contributed by atoms with Crippen LogP contribution in [0.2, 0.25) is 0 Å². The van der Waals surface area contributed by atoms with Gasteiger partial charge in [0.15, 0.2) is 0 Å². The van der Waals surface area contributed by atoms with Gasteiger partial charge in [-0.05, 0) is 0 Å². The Labute approximate surface area is 63.2 Å². The van der Waals surface area contributed by atoms with Crippen LogP contribution in [0.25, 0.3) is 5.32 Å². The fourth-order valence-electron chi connectivity index (χ4n) is 2.21. The summed E-state index contributed by atoms with van der Waals surface area (Å²) in [7, 11) is 0. The van der Waals surface area contributed by atoms with Crippen LogP contribution in [0.5, 0.6) is 0 Å². The average molecular weight is 138 g/mol. The van der Waals surface area contributed by atoms with Crippen LogP contribution in [0.3, 0.4) is 0 Å². The van der Waals surface area contributed by atoms with Crippen molar-refractivity contribution in [1.82, 2.24) is 0 Å². The Hall–Kier alpha value is -0.0400. The second-order valence-corrected chi connectivity index (χ2v) is 3.81. The number of nitrogens with zero attached hydrogens (tertiary/aromatic N) is 1. The van der Waals surface area contributed by atoms with E-state index in [9.17, 15) is 0 Å². The van der Waals surface area contributed by atoms with E-state index >= 15 is 0 Å². The third kappa shape index (κ3) is 0.878. The molecule has 1 saturated carbocycles. The van der Waals surface area contributed by atoms with Crippen LogP contribution >= 0.6 is 0 Å². The minimum atomic E-state index is 0.515. The smallest absolute Gasteiger partial charge is 0.0556 e. The maximum absolute atomic E-state index is 4.84. The van der Waals surface area contributed by atoms with E-state index in [1.165, 1.54) is 38.5 Å². The van der Waals surface area contributed by atoms with Gasteiger partial charge in [-0.1, -0.05) is 45.4 Å². The zero-order valence-electron chi connectivity index (χ0n) is 6.77. The monoisotopic (exact) mass is 138 g/mol. The van der Waals surface area contributed by atoms with Gasteiger partial charge in [-0.2, -0.15) is 0 Å². The molecule has 1 unspecified atom stereocenters. The predicted octanol–water partition coefficient (Wildman–Crippen LogP) is 2.86. The van der Waals surface area contributed by atoms with Crippen LogP contribution in [0.15, 0.2) is 0 Å². The molecule has 1 nitrogen and oxygen atoms in total. The lowest BCUT2D eigenvalue weighted by molar-refractivity contribution is 0.296. The van der Waals surface area contributed by atoms with Crippen molar-refractivity contribution in [2.45, 2.75) is 57.0 Å². The van der Waals surface area contributed by atoms with Gasteiger partial charge < -0.3 is 5.32 Å². The summed E-state index contributed by atoms with van der Waals surface area (Å²) >= 11 is 0. The van der Waals surface area contributed by atoms with Crippen molar-refractivity contribution in [2.24, 2.45) is 0 Å². The fourth-order valence-corrected chi connectivity index (χ4v) is 2.21. The second kappa shape index (κ2) is 2.23. The summed E-state index contributed by atoms with van der Waals surface area (Å²) in [5, 5.41) is 4.84. The van der Waals surface area contributed by atoms with Crippen molar-refractivity contribution in [3.8, 4) is 0 Å². The lowest BCUT2D eigenvalue weighted by Crippen LogP contribution is -2.32. The molecule has 1 aliphatic heterocycles. The highest BCUT2D eigenvalue weighted by Gasteiger charge is 2.32. The van der Waals surface area contributed by atoms with Crippen LogP contribution in [0, 0.1) is 0 Å². The molecule has 58 valence electrons. The van der Waals surface area contributed by atoms with Gasteiger partial charge in [0.1, 0.15) is 0 Å². The molecule has 0 bridgehead atoms. The van der Waals surface area contributed by atoms with Crippen LogP contribution < -0.4 is 0 Å². The highest BCUT2D eigenvalue weighted by Crippen LogP contribution is 2.50. The summed E-state index contributed by atoms with van der Waals surface area (Å²) in [5.74, 6) is 0. The topological polar surface area (TPSA) is 14.1 Å². The van der Waals surface area contributed by atoms with Gasteiger partial charge in [0.05, 0.1) is 0 Å². The summed E-state index contributed by atoms with van der Waals surface area (Å²) in [6.07, 6.45) is 8.25. The molecule has 1 spiro atoms. The van der Waals surface area contributed by atoms with E-state index in [0.29, 0.717) is 5.54 Å². The Morgan fingerprint density at radius 1 is 1.40 bits per heavy atom. The molecule has 0 aromatic carbocycles. The van der Waals surface area contributed by atoms with Gasteiger partial charge in [-0.15, -0.1) is 11.6 Å². The standard InChI is InChI=1S/C9H16N/c1-2-8-4-7-9(10-8)5-3-6-9/h8H,2-7H2,1H3/q-1. The van der Waals surface area contributed by atoms with Crippen LogP contribution in [0.1, 0.15) is 45.4 Å². The summed E-state index contributed by atoms with van der Waals surface area (Å²) < 4.78 is 0. The minimum absolute atomic E-state index is 0.515. The van der Waals surface area contributed by atoms with E-state index in [1.807, 2.05) is 0 Å². The molecular weight excluding hydrogens is 122 g/mol. The molecule has 2 aliphatic rings. The fraction of sp³-hybridized carbons (Fsp3) is 1.00. The summed E-state index contributed by atoms with van der Waals surface area (Å²) in [6.45, 7) is 2.26. The molecule has 2 rings (SSSR count). The van der Waals surface area contributed by atoms with E-state index in [1.54, 1.807) is 0 Å². The molecule has 0 aromatic rings. The summed E-state index contributed by atoms with van der Waals surface area (Å²) in [5.41, 5.74) is 0.515. The molecule has 0 N–H and O–H groups in total. The molecule has 1 atom stereocenters. The van der Waals surface area contributed by atoms with Gasteiger partial charge in [0, 0.05) is 0 Å². The van der Waals surface area contributed by atoms with Crippen LogP contribution in [-0.2, 0) is 0 Å². The lowest BCUT2D eigenvalue weighted by atomic mass is 9.76. The van der Waals surface area contributed by atoms with Crippen molar-refractivity contribution in [2.75, 3.05) is 0 Å². The van der Waals surface area contributed by atoms with Crippen molar-refractivity contribution >= 4 is 0 Å². The molecule has 1 saturated heterocycles. The van der Waals surface area contributed by atoms with Gasteiger partial charge in [-0.3, -0.25) is 0 Å². The third-order valence-electron chi connectivity index (χ3n) is 3.15. The molecule has 0 radical (unpaired) electrons. The summed E-state index contributed by atoms with van der Waals surface area (Å²) in [6, 6.07) is 0.722.